The molecule has 0 unspecified atom stereocenters. The summed E-state index contributed by atoms with van der Waals surface area (Å²) >= 11 is 0. The molecule has 0 atom stereocenters. The molecule has 0 aliphatic carbocycles. The fourth-order valence-electron chi connectivity index (χ4n) is 2.57. The number of benzene rings is 2. The molecule has 0 radical (unpaired) electrons. The van der Waals surface area contributed by atoms with E-state index in [0.29, 0.717) is 5.69 Å². The molecule has 3 aromatic rings. The molecule has 0 fully saturated rings. The Bertz CT molecular complexity index is 786. The van der Waals surface area contributed by atoms with Crippen LogP contribution in [0.1, 0.15) is 6.92 Å². The summed E-state index contributed by atoms with van der Waals surface area (Å²) in [6, 6.07) is 12.3. The van der Waals surface area contributed by atoms with Gasteiger partial charge in [0.05, 0.1) is 5.69 Å². The minimum Gasteiger partial charge on any atom is -0.398 e. The summed E-state index contributed by atoms with van der Waals surface area (Å²) in [6.07, 6.45) is 3.52. The van der Waals surface area contributed by atoms with Crippen LogP contribution in [0.2, 0.25) is 0 Å². The molecule has 0 aliphatic rings. The molecule has 0 saturated heterocycles. The van der Waals surface area contributed by atoms with Gasteiger partial charge in [0.25, 0.3) is 0 Å². The normalized spacial score (nSPS) is 10.8. The highest BCUT2D eigenvalue weighted by Crippen LogP contribution is 2.34. The van der Waals surface area contributed by atoms with E-state index in [2.05, 4.69) is 4.98 Å². The number of nitrogen functional groups attached to an aromatic ring is 1. The summed E-state index contributed by atoms with van der Waals surface area (Å²) in [5, 5.41) is 1.92. The highest BCUT2D eigenvalue weighted by atomic mass is 19.1. The molecule has 4 heteroatoms. The second kappa shape index (κ2) is 5.40. The van der Waals surface area contributed by atoms with Crippen LogP contribution < -0.4 is 10.6 Å². The van der Waals surface area contributed by atoms with E-state index in [1.54, 1.807) is 18.5 Å². The zero-order valence-electron chi connectivity index (χ0n) is 11.8. The Balaban J connectivity index is 2.20. The van der Waals surface area contributed by atoms with E-state index in [9.17, 15) is 4.39 Å². The molecule has 1 heterocycles. The number of hydrogen-bond acceptors (Lipinski definition) is 3. The Hall–Kier alpha value is -2.62. The van der Waals surface area contributed by atoms with Crippen molar-refractivity contribution < 1.29 is 4.39 Å². The summed E-state index contributed by atoms with van der Waals surface area (Å²) in [5.74, 6) is -0.246. The number of halogens is 1. The fourth-order valence-corrected chi connectivity index (χ4v) is 2.57. The van der Waals surface area contributed by atoms with Crippen molar-refractivity contribution in [1.82, 2.24) is 4.98 Å². The summed E-state index contributed by atoms with van der Waals surface area (Å²) < 4.78 is 13.5. The maximum atomic E-state index is 13.5. The molecule has 3 nitrogen and oxygen atoms in total. The van der Waals surface area contributed by atoms with Crippen molar-refractivity contribution in [3.63, 3.8) is 0 Å². The molecule has 1 aromatic heterocycles. The lowest BCUT2D eigenvalue weighted by Crippen LogP contribution is -2.16. The number of aromatic nitrogens is 1. The Kier molecular flexibility index (Phi) is 3.44. The highest BCUT2D eigenvalue weighted by Gasteiger charge is 2.12. The molecule has 0 amide bonds. The lowest BCUT2D eigenvalue weighted by Gasteiger charge is -2.25. The van der Waals surface area contributed by atoms with Gasteiger partial charge in [-0.2, -0.15) is 0 Å². The second-order valence-electron chi connectivity index (χ2n) is 4.82. The van der Waals surface area contributed by atoms with Crippen LogP contribution in [0.15, 0.2) is 54.9 Å². The van der Waals surface area contributed by atoms with Crippen LogP contribution in [0, 0.1) is 5.82 Å². The van der Waals surface area contributed by atoms with Crippen molar-refractivity contribution in [2.75, 3.05) is 17.2 Å². The third-order valence-electron chi connectivity index (χ3n) is 3.56. The van der Waals surface area contributed by atoms with Gasteiger partial charge in [0, 0.05) is 41.1 Å². The summed E-state index contributed by atoms with van der Waals surface area (Å²) in [5.41, 5.74) is 8.52. The van der Waals surface area contributed by atoms with Gasteiger partial charge >= 0.3 is 0 Å². The third kappa shape index (κ3) is 2.40. The summed E-state index contributed by atoms with van der Waals surface area (Å²) in [7, 11) is 0. The molecule has 106 valence electrons. The smallest absolute Gasteiger partial charge is 0.125 e. The quantitative estimate of drug-likeness (QED) is 0.734. The van der Waals surface area contributed by atoms with Gasteiger partial charge in [0.2, 0.25) is 0 Å². The zero-order chi connectivity index (χ0) is 14.8. The van der Waals surface area contributed by atoms with Gasteiger partial charge in [-0.1, -0.05) is 6.07 Å². The summed E-state index contributed by atoms with van der Waals surface area (Å²) in [4.78, 5) is 6.23. The largest absolute Gasteiger partial charge is 0.398 e. The van der Waals surface area contributed by atoms with Crippen LogP contribution >= 0.6 is 0 Å². The minimum atomic E-state index is -0.246. The van der Waals surface area contributed by atoms with Gasteiger partial charge in [-0.15, -0.1) is 0 Å². The molecule has 0 spiro atoms. The maximum Gasteiger partial charge on any atom is 0.125 e. The van der Waals surface area contributed by atoms with Gasteiger partial charge in [-0.3, -0.25) is 4.98 Å². The van der Waals surface area contributed by atoms with Crippen molar-refractivity contribution >= 4 is 27.8 Å². The number of pyridine rings is 1. The topological polar surface area (TPSA) is 42.1 Å². The molecular formula is C17H16FN3. The van der Waals surface area contributed by atoms with Gasteiger partial charge < -0.3 is 10.6 Å². The third-order valence-corrected chi connectivity index (χ3v) is 3.56. The van der Waals surface area contributed by atoms with Crippen LogP contribution in [-0.4, -0.2) is 11.5 Å². The minimum absolute atomic E-state index is 0.246. The van der Waals surface area contributed by atoms with Crippen LogP contribution in [-0.2, 0) is 0 Å². The van der Waals surface area contributed by atoms with E-state index < -0.39 is 0 Å². The standard InChI is InChI=1S/C17H16FN3/c1-2-21(13-5-3-4-12(18)10-13)17-7-6-16(19)14-8-9-20-11-15(14)17/h3-11H,2,19H2,1H3. The first-order valence-electron chi connectivity index (χ1n) is 6.86. The number of rotatable bonds is 3. The van der Waals surface area contributed by atoms with E-state index in [1.165, 1.54) is 12.1 Å². The Labute approximate surface area is 122 Å². The molecular weight excluding hydrogens is 265 g/mol. The van der Waals surface area contributed by atoms with Gasteiger partial charge in [-0.05, 0) is 43.3 Å². The van der Waals surface area contributed by atoms with E-state index in [0.717, 1.165) is 28.7 Å². The number of hydrogen-bond donors (Lipinski definition) is 1. The van der Waals surface area contributed by atoms with Crippen LogP contribution in [0.3, 0.4) is 0 Å². The molecule has 0 aliphatic heterocycles. The zero-order valence-corrected chi connectivity index (χ0v) is 11.8. The van der Waals surface area contributed by atoms with Crippen LogP contribution in [0.5, 0.6) is 0 Å². The van der Waals surface area contributed by atoms with Crippen molar-refractivity contribution in [1.29, 1.82) is 0 Å². The average molecular weight is 281 g/mol. The number of anilines is 3. The van der Waals surface area contributed by atoms with Gasteiger partial charge in [-0.25, -0.2) is 4.39 Å². The molecule has 0 saturated carbocycles. The molecule has 3 rings (SSSR count). The maximum absolute atomic E-state index is 13.5. The van der Waals surface area contributed by atoms with E-state index >= 15 is 0 Å². The Morgan fingerprint density at radius 1 is 1.14 bits per heavy atom. The van der Waals surface area contributed by atoms with Crippen molar-refractivity contribution in [2.24, 2.45) is 0 Å². The summed E-state index contributed by atoms with van der Waals surface area (Å²) in [6.45, 7) is 2.75. The van der Waals surface area contributed by atoms with Crippen LogP contribution in [0.25, 0.3) is 10.8 Å². The first-order chi connectivity index (χ1) is 10.2. The van der Waals surface area contributed by atoms with Gasteiger partial charge in [0.15, 0.2) is 0 Å². The average Bonchev–Trinajstić information content (AvgIpc) is 2.51. The van der Waals surface area contributed by atoms with Crippen molar-refractivity contribution in [3.05, 3.63) is 60.7 Å². The fraction of sp³-hybridized carbons (Fsp3) is 0.118. The Morgan fingerprint density at radius 2 is 2.00 bits per heavy atom. The van der Waals surface area contributed by atoms with Crippen LogP contribution in [0.4, 0.5) is 21.5 Å². The highest BCUT2D eigenvalue weighted by molar-refractivity contribution is 6.02. The lowest BCUT2D eigenvalue weighted by molar-refractivity contribution is 0.627. The van der Waals surface area contributed by atoms with E-state index in [4.69, 9.17) is 5.73 Å². The number of fused-ring (bicyclic) bond motifs is 1. The predicted octanol–water partition coefficient (Wildman–Crippen LogP) is 4.11. The predicted molar refractivity (Wildman–Crippen MR) is 85.2 cm³/mol. The number of nitrogens with two attached hydrogens (primary N) is 1. The first-order valence-corrected chi connectivity index (χ1v) is 6.86. The van der Waals surface area contributed by atoms with Gasteiger partial charge in [0.1, 0.15) is 5.82 Å². The lowest BCUT2D eigenvalue weighted by atomic mass is 10.1. The molecule has 0 bridgehead atoms. The van der Waals surface area contributed by atoms with Crippen molar-refractivity contribution in [2.45, 2.75) is 6.92 Å². The van der Waals surface area contributed by atoms with Crippen molar-refractivity contribution in [3.8, 4) is 0 Å². The first kappa shape index (κ1) is 13.4. The molecule has 2 aromatic carbocycles. The number of nitrogens with zero attached hydrogens (tertiary/aromatic N) is 2. The molecule has 21 heavy (non-hydrogen) atoms. The monoisotopic (exact) mass is 281 g/mol. The SMILES string of the molecule is CCN(c1cccc(F)c1)c1ccc(N)c2ccncc12. The second-order valence-corrected chi connectivity index (χ2v) is 4.82. The molecule has 2 N–H and O–H groups in total. The van der Waals surface area contributed by atoms with E-state index in [-0.39, 0.29) is 5.82 Å². The van der Waals surface area contributed by atoms with E-state index in [1.807, 2.05) is 36.1 Å². The Morgan fingerprint density at radius 3 is 2.76 bits per heavy atom.